The van der Waals surface area contributed by atoms with E-state index in [0.29, 0.717) is 0 Å². The van der Waals surface area contributed by atoms with Gasteiger partial charge in [0.25, 0.3) is 0 Å². The molecule has 0 amide bonds. The zero-order valence-corrected chi connectivity index (χ0v) is 8.59. The largest absolute Gasteiger partial charge is 0.574 e. The summed E-state index contributed by atoms with van der Waals surface area (Å²) in [7, 11) is 0. The van der Waals surface area contributed by atoms with Crippen LogP contribution in [0.25, 0.3) is 0 Å². The SMILES string of the molecule is O=C(O)Cc1c(F)cc(OC(F)(F)F)nc1CF. The van der Waals surface area contributed by atoms with Gasteiger partial charge in [-0.25, -0.2) is 13.8 Å². The molecule has 4 nitrogen and oxygen atoms in total. The van der Waals surface area contributed by atoms with Crippen LogP contribution in [0.2, 0.25) is 0 Å². The van der Waals surface area contributed by atoms with Crippen molar-refractivity contribution in [1.29, 1.82) is 0 Å². The first-order valence-electron chi connectivity index (χ1n) is 4.44. The fourth-order valence-corrected chi connectivity index (χ4v) is 1.19. The van der Waals surface area contributed by atoms with Gasteiger partial charge in [-0.3, -0.25) is 4.79 Å². The third kappa shape index (κ3) is 3.82. The standard InChI is InChI=1S/C9H6F5NO3/c10-3-6-4(1-8(16)17)5(11)2-7(15-6)18-9(12,13)14/h2H,1,3H2,(H,16,17). The van der Waals surface area contributed by atoms with Gasteiger partial charge >= 0.3 is 12.3 Å². The maximum absolute atomic E-state index is 13.3. The molecule has 0 saturated heterocycles. The van der Waals surface area contributed by atoms with Gasteiger partial charge in [0, 0.05) is 11.6 Å². The minimum atomic E-state index is -5.10. The van der Waals surface area contributed by atoms with Gasteiger partial charge in [-0.15, -0.1) is 13.2 Å². The molecular formula is C9H6F5NO3. The van der Waals surface area contributed by atoms with Crippen LogP contribution in [-0.2, 0) is 17.9 Å². The van der Waals surface area contributed by atoms with Crippen molar-refractivity contribution in [1.82, 2.24) is 4.98 Å². The van der Waals surface area contributed by atoms with E-state index in [0.717, 1.165) is 0 Å². The summed E-state index contributed by atoms with van der Waals surface area (Å²) in [6.45, 7) is -1.41. The lowest BCUT2D eigenvalue weighted by Gasteiger charge is -2.11. The van der Waals surface area contributed by atoms with Crippen molar-refractivity contribution in [2.45, 2.75) is 19.5 Å². The molecule has 0 spiro atoms. The van der Waals surface area contributed by atoms with E-state index in [1.54, 1.807) is 0 Å². The molecule has 0 aliphatic rings. The van der Waals surface area contributed by atoms with E-state index in [1.807, 2.05) is 0 Å². The minimum absolute atomic E-state index is 0.255. The van der Waals surface area contributed by atoms with Gasteiger partial charge in [-0.05, 0) is 0 Å². The van der Waals surface area contributed by atoms with Crippen LogP contribution in [0, 0.1) is 5.82 Å². The van der Waals surface area contributed by atoms with Crippen molar-refractivity contribution >= 4 is 5.97 Å². The summed E-state index contributed by atoms with van der Waals surface area (Å²) in [6.07, 6.45) is -5.98. The number of hydrogen-bond donors (Lipinski definition) is 1. The van der Waals surface area contributed by atoms with Gasteiger partial charge in [0.2, 0.25) is 5.88 Å². The van der Waals surface area contributed by atoms with Crippen LogP contribution in [-0.4, -0.2) is 22.4 Å². The van der Waals surface area contributed by atoms with E-state index in [9.17, 15) is 26.7 Å². The Balaban J connectivity index is 3.14. The number of carboxylic acid groups (broad SMARTS) is 1. The average Bonchev–Trinajstić information content (AvgIpc) is 2.18. The molecule has 0 radical (unpaired) electrons. The van der Waals surface area contributed by atoms with E-state index in [2.05, 4.69) is 9.72 Å². The lowest BCUT2D eigenvalue weighted by Crippen LogP contribution is -2.19. The molecule has 0 bridgehead atoms. The van der Waals surface area contributed by atoms with E-state index < -0.39 is 48.4 Å². The number of ether oxygens (including phenoxy) is 1. The van der Waals surface area contributed by atoms with Crippen molar-refractivity contribution in [2.75, 3.05) is 0 Å². The molecule has 0 aromatic carbocycles. The monoisotopic (exact) mass is 271 g/mol. The first kappa shape index (κ1) is 14.1. The summed E-state index contributed by atoms with van der Waals surface area (Å²) in [5.74, 6) is -3.96. The molecule has 0 aliphatic carbocycles. The zero-order chi connectivity index (χ0) is 13.9. The number of carboxylic acids is 1. The van der Waals surface area contributed by atoms with E-state index in [-0.39, 0.29) is 6.07 Å². The van der Waals surface area contributed by atoms with Gasteiger partial charge < -0.3 is 9.84 Å². The van der Waals surface area contributed by atoms with Crippen molar-refractivity contribution < 1.29 is 36.6 Å². The van der Waals surface area contributed by atoms with Crippen LogP contribution in [0.15, 0.2) is 6.07 Å². The number of hydrogen-bond acceptors (Lipinski definition) is 3. The topological polar surface area (TPSA) is 59.4 Å². The van der Waals surface area contributed by atoms with Gasteiger partial charge in [-0.1, -0.05) is 0 Å². The Bertz CT molecular complexity index is 460. The molecule has 0 unspecified atom stereocenters. The Morgan fingerprint density at radius 3 is 2.50 bits per heavy atom. The number of rotatable bonds is 4. The summed E-state index contributed by atoms with van der Waals surface area (Å²) in [6, 6.07) is 0.255. The highest BCUT2D eigenvalue weighted by Gasteiger charge is 2.32. The van der Waals surface area contributed by atoms with Crippen molar-refractivity contribution in [3.05, 3.63) is 23.1 Å². The van der Waals surface area contributed by atoms with Crippen LogP contribution >= 0.6 is 0 Å². The van der Waals surface area contributed by atoms with Gasteiger partial charge in [-0.2, -0.15) is 0 Å². The fraction of sp³-hybridized carbons (Fsp3) is 0.333. The molecule has 1 N–H and O–H groups in total. The molecule has 1 heterocycles. The second-order valence-electron chi connectivity index (χ2n) is 3.12. The van der Waals surface area contributed by atoms with E-state index >= 15 is 0 Å². The third-order valence-electron chi connectivity index (χ3n) is 1.81. The predicted octanol–water partition coefficient (Wildman–Crippen LogP) is 2.22. The Morgan fingerprint density at radius 1 is 1.44 bits per heavy atom. The summed E-state index contributed by atoms with van der Waals surface area (Å²) < 4.78 is 64.6. The molecule has 0 aliphatic heterocycles. The van der Waals surface area contributed by atoms with Crippen LogP contribution in [0.1, 0.15) is 11.3 Å². The molecule has 0 atom stereocenters. The predicted molar refractivity (Wildman–Crippen MR) is 47.0 cm³/mol. The summed E-state index contributed by atoms with van der Waals surface area (Å²) in [5, 5.41) is 8.44. The lowest BCUT2D eigenvalue weighted by atomic mass is 10.1. The van der Waals surface area contributed by atoms with Crippen LogP contribution in [0.4, 0.5) is 22.0 Å². The molecular weight excluding hydrogens is 265 g/mol. The quantitative estimate of drug-likeness (QED) is 0.853. The van der Waals surface area contributed by atoms with E-state index in [1.165, 1.54) is 0 Å². The van der Waals surface area contributed by atoms with Crippen LogP contribution < -0.4 is 4.74 Å². The Morgan fingerprint density at radius 2 is 2.06 bits per heavy atom. The molecule has 0 saturated carbocycles. The Hall–Kier alpha value is -1.93. The molecule has 18 heavy (non-hydrogen) atoms. The molecule has 1 rings (SSSR count). The first-order valence-corrected chi connectivity index (χ1v) is 4.44. The average molecular weight is 271 g/mol. The second-order valence-corrected chi connectivity index (χ2v) is 3.12. The summed E-state index contributed by atoms with van der Waals surface area (Å²) >= 11 is 0. The summed E-state index contributed by atoms with van der Waals surface area (Å²) in [4.78, 5) is 13.4. The first-order chi connectivity index (χ1) is 8.23. The molecule has 0 fully saturated rings. The third-order valence-corrected chi connectivity index (χ3v) is 1.81. The highest BCUT2D eigenvalue weighted by atomic mass is 19.4. The van der Waals surface area contributed by atoms with Crippen LogP contribution in [0.3, 0.4) is 0 Å². The second kappa shape index (κ2) is 5.15. The highest BCUT2D eigenvalue weighted by Crippen LogP contribution is 2.25. The Kier molecular flexibility index (Phi) is 4.04. The van der Waals surface area contributed by atoms with Gasteiger partial charge in [0.15, 0.2) is 0 Å². The molecule has 100 valence electrons. The fourth-order valence-electron chi connectivity index (χ4n) is 1.19. The van der Waals surface area contributed by atoms with Gasteiger partial charge in [0.05, 0.1) is 12.1 Å². The minimum Gasteiger partial charge on any atom is -0.481 e. The normalized spacial score (nSPS) is 11.4. The van der Waals surface area contributed by atoms with Crippen molar-refractivity contribution in [3.63, 3.8) is 0 Å². The molecule has 1 aromatic heterocycles. The van der Waals surface area contributed by atoms with Gasteiger partial charge in [0.1, 0.15) is 12.5 Å². The number of alkyl halides is 4. The number of halogens is 5. The van der Waals surface area contributed by atoms with Crippen molar-refractivity contribution in [3.8, 4) is 5.88 Å². The maximum atomic E-state index is 13.3. The number of nitrogens with zero attached hydrogens (tertiary/aromatic N) is 1. The number of aliphatic carboxylic acids is 1. The van der Waals surface area contributed by atoms with Crippen LogP contribution in [0.5, 0.6) is 5.88 Å². The van der Waals surface area contributed by atoms with Crippen molar-refractivity contribution in [2.24, 2.45) is 0 Å². The Labute approximate surface area is 97.0 Å². The number of carbonyl (C=O) groups is 1. The van der Waals surface area contributed by atoms with E-state index in [4.69, 9.17) is 5.11 Å². The number of pyridine rings is 1. The maximum Gasteiger partial charge on any atom is 0.574 e. The zero-order valence-electron chi connectivity index (χ0n) is 8.59. The molecule has 1 aromatic rings. The smallest absolute Gasteiger partial charge is 0.481 e. The molecule has 9 heteroatoms. The number of aromatic nitrogens is 1. The lowest BCUT2D eigenvalue weighted by molar-refractivity contribution is -0.276. The summed E-state index contributed by atoms with van der Waals surface area (Å²) in [5.41, 5.74) is -1.35. The highest BCUT2D eigenvalue weighted by molar-refractivity contribution is 5.70.